The minimum Gasteiger partial charge on any atom is -0.310 e. The highest BCUT2D eigenvalue weighted by Crippen LogP contribution is 2.23. The van der Waals surface area contributed by atoms with Gasteiger partial charge >= 0.3 is 0 Å². The van der Waals surface area contributed by atoms with Crippen molar-refractivity contribution >= 4 is 31.8 Å². The number of anilines is 1. The van der Waals surface area contributed by atoms with Crippen LogP contribution < -0.4 is 5.32 Å². The number of pyridine rings is 1. The van der Waals surface area contributed by atoms with Crippen LogP contribution in [-0.2, 0) is 24.8 Å². The lowest BCUT2D eigenvalue weighted by Crippen LogP contribution is -2.35. The van der Waals surface area contributed by atoms with E-state index in [2.05, 4.69) is 10.3 Å². The zero-order valence-corrected chi connectivity index (χ0v) is 18.4. The molecular weight excluding hydrogens is 428 g/mol. The maximum absolute atomic E-state index is 12.8. The van der Waals surface area contributed by atoms with E-state index in [9.17, 15) is 21.6 Å². The third-order valence-corrected chi connectivity index (χ3v) is 8.51. The van der Waals surface area contributed by atoms with Crippen molar-refractivity contribution in [2.75, 3.05) is 32.0 Å². The number of rotatable bonds is 7. The number of likely N-dealkylation sites (N-methyl/N-ethyl adjacent to an activating group) is 1. The van der Waals surface area contributed by atoms with Crippen molar-refractivity contribution in [2.45, 2.75) is 29.6 Å². The number of amides is 1. The minimum atomic E-state index is -3.97. The smallest absolute Gasteiger partial charge is 0.243 e. The van der Waals surface area contributed by atoms with Gasteiger partial charge in [0.25, 0.3) is 0 Å². The minimum absolute atomic E-state index is 0.0502. The van der Waals surface area contributed by atoms with E-state index in [-0.39, 0.29) is 9.79 Å². The van der Waals surface area contributed by atoms with Gasteiger partial charge in [-0.2, -0.15) is 8.61 Å². The summed E-state index contributed by atoms with van der Waals surface area (Å²) in [5.74, 6) is -0.210. The molecule has 2 heterocycles. The number of hydrogen-bond donors (Lipinski definition) is 1. The van der Waals surface area contributed by atoms with E-state index in [1.807, 2.05) is 6.92 Å². The fourth-order valence-electron chi connectivity index (χ4n) is 3.05. The fraction of sp³-hybridized carbons (Fsp3) is 0.368. The quantitative estimate of drug-likeness (QED) is 0.679. The number of hydrogen-bond acceptors (Lipinski definition) is 6. The van der Waals surface area contributed by atoms with Gasteiger partial charge in [0, 0.05) is 26.3 Å². The van der Waals surface area contributed by atoms with Gasteiger partial charge in [-0.25, -0.2) is 21.8 Å². The molecule has 0 saturated carbocycles. The van der Waals surface area contributed by atoms with E-state index in [0.717, 1.165) is 22.7 Å². The SMILES string of the molecule is Cc1ccc(NC(=O)CN(C)S(=O)(=O)c2ccc(S(=O)(=O)N3CCCC3)cc2)nc1. The second kappa shape index (κ2) is 8.80. The summed E-state index contributed by atoms with van der Waals surface area (Å²) in [5.41, 5.74) is 0.933. The van der Waals surface area contributed by atoms with E-state index < -0.39 is 32.5 Å². The summed E-state index contributed by atoms with van der Waals surface area (Å²) >= 11 is 0. The number of carbonyl (C=O) groups is 1. The van der Waals surface area contributed by atoms with Crippen molar-refractivity contribution in [2.24, 2.45) is 0 Å². The fourth-order valence-corrected chi connectivity index (χ4v) is 5.70. The normalized spacial score (nSPS) is 15.4. The van der Waals surface area contributed by atoms with Crippen molar-refractivity contribution in [3.63, 3.8) is 0 Å². The molecule has 1 aromatic heterocycles. The molecule has 0 aliphatic carbocycles. The summed E-state index contributed by atoms with van der Waals surface area (Å²) in [5, 5.41) is 2.54. The first-order chi connectivity index (χ1) is 14.1. The summed E-state index contributed by atoms with van der Waals surface area (Å²) in [7, 11) is -6.31. The number of benzene rings is 1. The zero-order chi connectivity index (χ0) is 21.9. The Bertz CT molecular complexity index is 1110. The molecule has 1 aliphatic heterocycles. The molecule has 3 rings (SSSR count). The number of nitrogens with one attached hydrogen (secondary N) is 1. The Labute approximate surface area is 176 Å². The van der Waals surface area contributed by atoms with Crippen LogP contribution in [0.1, 0.15) is 18.4 Å². The van der Waals surface area contributed by atoms with Gasteiger partial charge in [-0.3, -0.25) is 4.79 Å². The molecule has 0 spiro atoms. The summed E-state index contributed by atoms with van der Waals surface area (Å²) in [6.07, 6.45) is 3.22. The first kappa shape index (κ1) is 22.3. The van der Waals surface area contributed by atoms with Gasteiger partial charge < -0.3 is 5.32 Å². The van der Waals surface area contributed by atoms with Crippen LogP contribution in [0, 0.1) is 6.92 Å². The van der Waals surface area contributed by atoms with Crippen LogP contribution in [0.3, 0.4) is 0 Å². The molecule has 9 nitrogen and oxygen atoms in total. The predicted octanol–water partition coefficient (Wildman–Crippen LogP) is 1.43. The van der Waals surface area contributed by atoms with Crippen molar-refractivity contribution in [1.82, 2.24) is 13.6 Å². The molecule has 1 fully saturated rings. The highest BCUT2D eigenvalue weighted by atomic mass is 32.2. The Morgan fingerprint density at radius 3 is 2.20 bits per heavy atom. The van der Waals surface area contributed by atoms with Gasteiger partial charge in [-0.1, -0.05) is 6.07 Å². The predicted molar refractivity (Wildman–Crippen MR) is 112 cm³/mol. The average Bonchev–Trinajstić information content (AvgIpc) is 3.25. The summed E-state index contributed by atoms with van der Waals surface area (Å²) in [6.45, 7) is 2.39. The van der Waals surface area contributed by atoms with Crippen LogP contribution in [-0.4, -0.2) is 63.0 Å². The molecule has 0 bridgehead atoms. The number of carbonyl (C=O) groups excluding carboxylic acids is 1. The lowest BCUT2D eigenvalue weighted by Gasteiger charge is -2.18. The van der Waals surface area contributed by atoms with Crippen molar-refractivity contribution in [3.05, 3.63) is 48.2 Å². The number of nitrogens with zero attached hydrogens (tertiary/aromatic N) is 3. The van der Waals surface area contributed by atoms with Crippen LogP contribution in [0.15, 0.2) is 52.4 Å². The van der Waals surface area contributed by atoms with E-state index >= 15 is 0 Å². The molecule has 30 heavy (non-hydrogen) atoms. The van der Waals surface area contributed by atoms with E-state index in [4.69, 9.17) is 0 Å². The molecule has 0 radical (unpaired) electrons. The molecule has 0 unspecified atom stereocenters. The Hall–Kier alpha value is -2.34. The van der Waals surface area contributed by atoms with Crippen molar-refractivity contribution in [1.29, 1.82) is 0 Å². The van der Waals surface area contributed by atoms with Crippen LogP contribution in [0.25, 0.3) is 0 Å². The third kappa shape index (κ3) is 4.86. The van der Waals surface area contributed by atoms with Crippen LogP contribution >= 0.6 is 0 Å². The largest absolute Gasteiger partial charge is 0.310 e. The Kier molecular flexibility index (Phi) is 6.56. The molecule has 1 aromatic carbocycles. The van der Waals surface area contributed by atoms with Crippen LogP contribution in [0.5, 0.6) is 0 Å². The molecular formula is C19H24N4O5S2. The van der Waals surface area contributed by atoms with E-state index in [1.54, 1.807) is 18.3 Å². The molecule has 1 aliphatic rings. The molecule has 1 amide bonds. The summed E-state index contributed by atoms with van der Waals surface area (Å²) in [4.78, 5) is 16.2. The molecule has 1 N–H and O–H groups in total. The Morgan fingerprint density at radius 2 is 1.63 bits per heavy atom. The topological polar surface area (TPSA) is 117 Å². The van der Waals surface area contributed by atoms with Gasteiger partial charge in [0.05, 0.1) is 16.3 Å². The summed E-state index contributed by atoms with van der Waals surface area (Å²) in [6, 6.07) is 8.46. The highest BCUT2D eigenvalue weighted by Gasteiger charge is 2.28. The molecule has 1 saturated heterocycles. The lowest BCUT2D eigenvalue weighted by atomic mass is 10.3. The maximum atomic E-state index is 12.8. The standard InChI is InChI=1S/C19H24N4O5S2/c1-15-5-10-18(20-13-15)21-19(24)14-22(2)29(25,26)16-6-8-17(9-7-16)30(27,28)23-11-3-4-12-23/h5-10,13H,3-4,11-12,14H2,1-2H3,(H,20,21,24). The zero-order valence-electron chi connectivity index (χ0n) is 16.8. The molecule has 11 heteroatoms. The monoisotopic (exact) mass is 452 g/mol. The number of sulfonamides is 2. The number of aryl methyl sites for hydroxylation is 1. The van der Waals surface area contributed by atoms with Gasteiger partial charge in [0.1, 0.15) is 5.82 Å². The average molecular weight is 453 g/mol. The summed E-state index contributed by atoms with van der Waals surface area (Å²) < 4.78 is 53.0. The van der Waals surface area contributed by atoms with Gasteiger partial charge in [-0.15, -0.1) is 0 Å². The van der Waals surface area contributed by atoms with E-state index in [1.165, 1.54) is 35.6 Å². The van der Waals surface area contributed by atoms with Gasteiger partial charge in [0.2, 0.25) is 26.0 Å². The molecule has 0 atom stereocenters. The first-order valence-corrected chi connectivity index (χ1v) is 12.3. The molecule has 162 valence electrons. The first-order valence-electron chi connectivity index (χ1n) is 9.40. The van der Waals surface area contributed by atoms with E-state index in [0.29, 0.717) is 18.9 Å². The van der Waals surface area contributed by atoms with Gasteiger partial charge in [0.15, 0.2) is 0 Å². The molecule has 2 aromatic rings. The Balaban J connectivity index is 1.69. The maximum Gasteiger partial charge on any atom is 0.243 e. The second-order valence-corrected chi connectivity index (χ2v) is 11.1. The van der Waals surface area contributed by atoms with Crippen molar-refractivity contribution < 1.29 is 21.6 Å². The van der Waals surface area contributed by atoms with Gasteiger partial charge in [-0.05, 0) is 55.7 Å². The van der Waals surface area contributed by atoms with Crippen LogP contribution in [0.2, 0.25) is 0 Å². The second-order valence-electron chi connectivity index (χ2n) is 7.11. The number of aromatic nitrogens is 1. The van der Waals surface area contributed by atoms with Crippen LogP contribution in [0.4, 0.5) is 5.82 Å². The third-order valence-electron chi connectivity index (χ3n) is 4.78. The Morgan fingerprint density at radius 1 is 1.03 bits per heavy atom. The lowest BCUT2D eigenvalue weighted by molar-refractivity contribution is -0.116. The van der Waals surface area contributed by atoms with Crippen molar-refractivity contribution in [3.8, 4) is 0 Å². The highest BCUT2D eigenvalue weighted by molar-refractivity contribution is 7.89.